The molecule has 1 atom stereocenters. The number of carbonyl (C=O) groups excluding carboxylic acids is 1. The molecule has 1 aromatic carbocycles. The summed E-state index contributed by atoms with van der Waals surface area (Å²) in [6.45, 7) is 2.70. The van der Waals surface area contributed by atoms with Gasteiger partial charge in [-0.3, -0.25) is 4.79 Å². The van der Waals surface area contributed by atoms with Crippen molar-refractivity contribution in [3.63, 3.8) is 0 Å². The van der Waals surface area contributed by atoms with Crippen LogP contribution in [0.1, 0.15) is 19.3 Å². The molecule has 0 saturated carbocycles. The van der Waals surface area contributed by atoms with Gasteiger partial charge in [0.05, 0.1) is 12.5 Å². The molecule has 0 N–H and O–H groups in total. The Hall–Kier alpha value is -1.62. The normalized spacial score (nSPS) is 23.3. The second-order valence-electron chi connectivity index (χ2n) is 5.66. The summed E-state index contributed by atoms with van der Waals surface area (Å²) in [6.07, 6.45) is 2.57. The maximum atomic E-state index is 12.8. The van der Waals surface area contributed by atoms with Crippen molar-refractivity contribution in [3.8, 4) is 5.75 Å². The first-order chi connectivity index (χ1) is 10.2. The fourth-order valence-corrected chi connectivity index (χ4v) is 2.89. The molecule has 2 saturated heterocycles. The van der Waals surface area contributed by atoms with Gasteiger partial charge in [-0.2, -0.15) is 0 Å². The summed E-state index contributed by atoms with van der Waals surface area (Å²) in [7, 11) is 0. The summed E-state index contributed by atoms with van der Waals surface area (Å²) < 4.78 is 24.0. The Morgan fingerprint density at radius 1 is 1.19 bits per heavy atom. The second-order valence-corrected chi connectivity index (χ2v) is 5.66. The van der Waals surface area contributed by atoms with Gasteiger partial charge in [-0.05, 0) is 30.7 Å². The Labute approximate surface area is 123 Å². The summed E-state index contributed by atoms with van der Waals surface area (Å²) in [4.78, 5) is 14.2. The highest BCUT2D eigenvalue weighted by Gasteiger charge is 2.31. The average Bonchev–Trinajstić information content (AvgIpc) is 3.04. The number of benzene rings is 1. The SMILES string of the molecule is O=C(C1CCOC1)N1CCC(Oc2ccc(F)cc2)CC1. The van der Waals surface area contributed by atoms with Crippen LogP contribution in [0.25, 0.3) is 0 Å². The maximum Gasteiger partial charge on any atom is 0.228 e. The summed E-state index contributed by atoms with van der Waals surface area (Å²) >= 11 is 0. The van der Waals surface area contributed by atoms with E-state index in [2.05, 4.69) is 0 Å². The molecule has 2 aliphatic heterocycles. The van der Waals surface area contributed by atoms with Crippen molar-refractivity contribution in [2.75, 3.05) is 26.3 Å². The minimum Gasteiger partial charge on any atom is -0.490 e. The third kappa shape index (κ3) is 3.53. The molecule has 5 heteroatoms. The van der Waals surface area contributed by atoms with Crippen molar-refractivity contribution in [3.05, 3.63) is 30.1 Å². The Bertz CT molecular complexity index is 477. The molecule has 2 heterocycles. The summed E-state index contributed by atoms with van der Waals surface area (Å²) in [6, 6.07) is 6.08. The number of halogens is 1. The van der Waals surface area contributed by atoms with Crippen molar-refractivity contribution in [1.82, 2.24) is 4.90 Å². The van der Waals surface area contributed by atoms with Crippen LogP contribution in [0.15, 0.2) is 24.3 Å². The monoisotopic (exact) mass is 293 g/mol. The van der Waals surface area contributed by atoms with Crippen LogP contribution in [-0.4, -0.2) is 43.2 Å². The third-order valence-corrected chi connectivity index (χ3v) is 4.15. The van der Waals surface area contributed by atoms with Gasteiger partial charge in [-0.25, -0.2) is 4.39 Å². The molecule has 2 aliphatic rings. The smallest absolute Gasteiger partial charge is 0.228 e. The molecule has 0 spiro atoms. The molecule has 1 amide bonds. The number of amides is 1. The minimum absolute atomic E-state index is 0.0413. The number of ether oxygens (including phenoxy) is 2. The van der Waals surface area contributed by atoms with Crippen LogP contribution in [0.4, 0.5) is 4.39 Å². The standard InChI is InChI=1S/C16H20FNO3/c17-13-1-3-14(4-2-13)21-15-5-8-18(9-6-15)16(19)12-7-10-20-11-12/h1-4,12,15H,5-11H2. The van der Waals surface area contributed by atoms with Crippen LogP contribution in [0.5, 0.6) is 5.75 Å². The van der Waals surface area contributed by atoms with E-state index in [1.54, 1.807) is 12.1 Å². The quantitative estimate of drug-likeness (QED) is 0.858. The van der Waals surface area contributed by atoms with Crippen molar-refractivity contribution in [2.45, 2.75) is 25.4 Å². The summed E-state index contributed by atoms with van der Waals surface area (Å²) in [5, 5.41) is 0. The molecular weight excluding hydrogens is 273 g/mol. The maximum absolute atomic E-state index is 12.8. The lowest BCUT2D eigenvalue weighted by atomic mass is 10.0. The van der Waals surface area contributed by atoms with E-state index in [9.17, 15) is 9.18 Å². The van der Waals surface area contributed by atoms with E-state index in [4.69, 9.17) is 9.47 Å². The van der Waals surface area contributed by atoms with Crippen LogP contribution >= 0.6 is 0 Å². The molecule has 21 heavy (non-hydrogen) atoms. The number of carbonyl (C=O) groups is 1. The van der Waals surface area contributed by atoms with Crippen molar-refractivity contribution in [1.29, 1.82) is 0 Å². The fraction of sp³-hybridized carbons (Fsp3) is 0.562. The van der Waals surface area contributed by atoms with Crippen molar-refractivity contribution in [2.24, 2.45) is 5.92 Å². The fourth-order valence-electron chi connectivity index (χ4n) is 2.89. The number of nitrogens with zero attached hydrogens (tertiary/aromatic N) is 1. The van der Waals surface area contributed by atoms with E-state index in [-0.39, 0.29) is 23.7 Å². The zero-order valence-electron chi connectivity index (χ0n) is 12.0. The molecular formula is C16H20FNO3. The highest BCUT2D eigenvalue weighted by atomic mass is 19.1. The van der Waals surface area contributed by atoms with Gasteiger partial charge >= 0.3 is 0 Å². The lowest BCUT2D eigenvalue weighted by molar-refractivity contribution is -0.137. The Kier molecular flexibility index (Phi) is 4.39. The Balaban J connectivity index is 1.48. The second kappa shape index (κ2) is 6.43. The number of piperidine rings is 1. The Morgan fingerprint density at radius 2 is 1.90 bits per heavy atom. The average molecular weight is 293 g/mol. The van der Waals surface area contributed by atoms with Crippen LogP contribution in [-0.2, 0) is 9.53 Å². The molecule has 0 aromatic heterocycles. The lowest BCUT2D eigenvalue weighted by Gasteiger charge is -2.33. The zero-order chi connectivity index (χ0) is 14.7. The zero-order valence-corrected chi connectivity index (χ0v) is 12.0. The molecule has 1 unspecified atom stereocenters. The van der Waals surface area contributed by atoms with E-state index in [1.165, 1.54) is 12.1 Å². The molecule has 4 nitrogen and oxygen atoms in total. The summed E-state index contributed by atoms with van der Waals surface area (Å²) in [5.41, 5.74) is 0. The minimum atomic E-state index is -0.262. The van der Waals surface area contributed by atoms with E-state index < -0.39 is 0 Å². The molecule has 114 valence electrons. The van der Waals surface area contributed by atoms with Crippen molar-refractivity contribution < 1.29 is 18.7 Å². The predicted molar refractivity (Wildman–Crippen MR) is 75.6 cm³/mol. The van der Waals surface area contributed by atoms with Gasteiger partial charge in [-0.15, -0.1) is 0 Å². The molecule has 0 aliphatic carbocycles. The predicted octanol–water partition coefficient (Wildman–Crippen LogP) is 2.23. The summed E-state index contributed by atoms with van der Waals surface area (Å²) in [5.74, 6) is 0.680. The van der Waals surface area contributed by atoms with E-state index in [0.29, 0.717) is 19.0 Å². The van der Waals surface area contributed by atoms with E-state index in [1.807, 2.05) is 4.90 Å². The first kappa shape index (κ1) is 14.3. The highest BCUT2D eigenvalue weighted by molar-refractivity contribution is 5.79. The van der Waals surface area contributed by atoms with Gasteiger partial charge in [0.2, 0.25) is 5.91 Å². The number of likely N-dealkylation sites (tertiary alicyclic amines) is 1. The van der Waals surface area contributed by atoms with Crippen LogP contribution in [0.3, 0.4) is 0 Å². The van der Waals surface area contributed by atoms with Crippen LogP contribution < -0.4 is 4.74 Å². The van der Waals surface area contributed by atoms with Gasteiger partial charge < -0.3 is 14.4 Å². The number of rotatable bonds is 3. The topological polar surface area (TPSA) is 38.8 Å². The van der Waals surface area contributed by atoms with Gasteiger partial charge in [0.1, 0.15) is 17.7 Å². The molecule has 2 fully saturated rings. The van der Waals surface area contributed by atoms with Crippen LogP contribution in [0.2, 0.25) is 0 Å². The molecule has 3 rings (SSSR count). The Morgan fingerprint density at radius 3 is 2.52 bits per heavy atom. The highest BCUT2D eigenvalue weighted by Crippen LogP contribution is 2.22. The van der Waals surface area contributed by atoms with Gasteiger partial charge in [0.15, 0.2) is 0 Å². The molecule has 0 radical (unpaired) electrons. The molecule has 0 bridgehead atoms. The first-order valence-electron chi connectivity index (χ1n) is 7.51. The third-order valence-electron chi connectivity index (χ3n) is 4.15. The van der Waals surface area contributed by atoms with Gasteiger partial charge in [0, 0.05) is 32.5 Å². The largest absolute Gasteiger partial charge is 0.490 e. The van der Waals surface area contributed by atoms with Crippen LogP contribution in [0, 0.1) is 11.7 Å². The van der Waals surface area contributed by atoms with E-state index >= 15 is 0 Å². The first-order valence-corrected chi connectivity index (χ1v) is 7.51. The lowest BCUT2D eigenvalue weighted by Crippen LogP contribution is -2.44. The van der Waals surface area contributed by atoms with E-state index in [0.717, 1.165) is 32.4 Å². The van der Waals surface area contributed by atoms with Crippen molar-refractivity contribution >= 4 is 5.91 Å². The number of hydrogen-bond acceptors (Lipinski definition) is 3. The van der Waals surface area contributed by atoms with Gasteiger partial charge in [-0.1, -0.05) is 0 Å². The van der Waals surface area contributed by atoms with Gasteiger partial charge in [0.25, 0.3) is 0 Å². The molecule has 1 aromatic rings. The number of hydrogen-bond donors (Lipinski definition) is 0.